The fraction of sp³-hybridized carbons (Fsp3) is 0.217. The summed E-state index contributed by atoms with van der Waals surface area (Å²) in [5, 5.41) is 4.27. The summed E-state index contributed by atoms with van der Waals surface area (Å²) >= 11 is -1.87. The van der Waals surface area contributed by atoms with Crippen molar-refractivity contribution >= 4 is 72.7 Å². The summed E-state index contributed by atoms with van der Waals surface area (Å²) in [4.78, 5) is 14.7. The van der Waals surface area contributed by atoms with Crippen LogP contribution in [0.4, 0.5) is 0 Å². The number of benzene rings is 6. The molecule has 68 heavy (non-hydrogen) atoms. The van der Waals surface area contributed by atoms with E-state index in [1.807, 2.05) is 30.5 Å². The van der Waals surface area contributed by atoms with Gasteiger partial charge in [0.25, 0.3) is 0 Å². The van der Waals surface area contributed by atoms with Crippen molar-refractivity contribution in [2.75, 3.05) is 0 Å². The van der Waals surface area contributed by atoms with E-state index in [9.17, 15) is 0 Å². The number of hydrogen-bond donors (Lipinski definition) is 0. The molecule has 8 heteroatoms. The molecule has 0 aliphatic carbocycles. The van der Waals surface area contributed by atoms with Gasteiger partial charge in [-0.05, 0) is 52.3 Å². The van der Waals surface area contributed by atoms with Gasteiger partial charge in [-0.1, -0.05) is 111 Å². The second-order valence-electron chi connectivity index (χ2n) is 20.3. The summed E-state index contributed by atoms with van der Waals surface area (Å²) in [7, 11) is 0. The van der Waals surface area contributed by atoms with E-state index >= 15 is 0 Å². The summed E-state index contributed by atoms with van der Waals surface area (Å²) in [5.74, 6) is 8.68. The molecule has 6 aromatic carbocycles. The van der Waals surface area contributed by atoms with Crippen LogP contribution in [0.1, 0.15) is 77.1 Å². The Morgan fingerprint density at radius 3 is 1.91 bits per heavy atom. The van der Waals surface area contributed by atoms with Crippen molar-refractivity contribution in [1.82, 2.24) is 19.5 Å². The van der Waals surface area contributed by atoms with Crippen LogP contribution in [0.25, 0.3) is 94.5 Å². The maximum atomic E-state index is 6.66. The van der Waals surface area contributed by atoms with Crippen LogP contribution in [0.5, 0.6) is 0 Å². The fourth-order valence-electron chi connectivity index (χ4n) is 9.12. The molecular weight excluding hydrogens is 1070 g/mol. The second kappa shape index (κ2) is 18.4. The van der Waals surface area contributed by atoms with Crippen LogP contribution in [0.2, 0.25) is 17.3 Å². The number of nitrogens with zero attached hydrogens (tertiary/aromatic N) is 4. The van der Waals surface area contributed by atoms with Crippen LogP contribution in [0.3, 0.4) is 0 Å². The molecule has 1 radical (unpaired) electrons. The van der Waals surface area contributed by atoms with Crippen molar-refractivity contribution in [1.29, 1.82) is 0 Å². The van der Waals surface area contributed by atoms with E-state index < -0.39 is 13.3 Å². The summed E-state index contributed by atoms with van der Waals surface area (Å²) in [5.41, 5.74) is 15.0. The largest absolute Gasteiger partial charge is 0.501 e. The Hall–Kier alpha value is -6.12. The molecule has 0 aliphatic rings. The topological polar surface area (TPSA) is 69.9 Å². The van der Waals surface area contributed by atoms with Gasteiger partial charge in [0.1, 0.15) is 5.58 Å². The van der Waals surface area contributed by atoms with Crippen LogP contribution in [-0.4, -0.2) is 32.8 Å². The number of hydrogen-bond acceptors (Lipinski definition) is 5. The van der Waals surface area contributed by atoms with Crippen molar-refractivity contribution < 1.29 is 28.9 Å². The van der Waals surface area contributed by atoms with E-state index in [1.165, 1.54) is 26.8 Å². The molecule has 11 aromatic rings. The Labute approximate surface area is 415 Å². The summed E-state index contributed by atoms with van der Waals surface area (Å²) < 4.78 is 16.6. The molecular formula is C60H56GeIrN4O2-2. The predicted molar refractivity (Wildman–Crippen MR) is 281 cm³/mol. The van der Waals surface area contributed by atoms with Gasteiger partial charge in [-0.15, -0.1) is 18.2 Å². The second-order valence-corrected chi connectivity index (χ2v) is 31.0. The van der Waals surface area contributed by atoms with Crippen LogP contribution < -0.4 is 4.40 Å². The molecule has 0 N–H and O–H groups in total. The number of para-hydroxylation sites is 3. The molecule has 5 heterocycles. The van der Waals surface area contributed by atoms with E-state index in [1.54, 1.807) is 0 Å². The summed E-state index contributed by atoms with van der Waals surface area (Å²) in [6.45, 7) is 15.5. The monoisotopic (exact) mass is 1130 g/mol. The van der Waals surface area contributed by atoms with E-state index in [0.29, 0.717) is 17.5 Å². The molecule has 6 nitrogen and oxygen atoms in total. The average Bonchev–Trinajstić information content (AvgIpc) is 4.02. The zero-order valence-corrected chi connectivity index (χ0v) is 44.9. The molecule has 0 atom stereocenters. The third-order valence-electron chi connectivity index (χ3n) is 12.8. The zero-order chi connectivity index (χ0) is 46.8. The molecule has 11 rings (SSSR count). The van der Waals surface area contributed by atoms with E-state index in [-0.39, 0.29) is 25.5 Å². The number of aromatic nitrogens is 4. The first-order valence-corrected chi connectivity index (χ1v) is 30.7. The van der Waals surface area contributed by atoms with Crippen molar-refractivity contribution in [3.8, 4) is 39.5 Å². The first-order chi connectivity index (χ1) is 32.2. The third kappa shape index (κ3) is 8.65. The Morgan fingerprint density at radius 2 is 1.25 bits per heavy atom. The molecule has 0 aliphatic heterocycles. The van der Waals surface area contributed by atoms with Gasteiger partial charge in [-0.25, -0.2) is 0 Å². The van der Waals surface area contributed by atoms with E-state index in [4.69, 9.17) is 23.8 Å². The number of rotatable bonds is 7. The third-order valence-corrected chi connectivity index (χ3v) is 17.1. The molecule has 0 spiro atoms. The first kappa shape index (κ1) is 47.0. The molecule has 343 valence electrons. The number of imidazole rings is 1. The van der Waals surface area contributed by atoms with Crippen molar-refractivity contribution in [3.05, 3.63) is 175 Å². The summed E-state index contributed by atoms with van der Waals surface area (Å²) in [6.07, 6.45) is 2.03. The minimum atomic E-state index is -1.87. The maximum absolute atomic E-state index is 6.66. The Kier molecular flexibility index (Phi) is 12.7. The molecule has 5 aromatic heterocycles. The van der Waals surface area contributed by atoms with Crippen molar-refractivity contribution in [3.63, 3.8) is 0 Å². The van der Waals surface area contributed by atoms with Gasteiger partial charge >= 0.3 is 163 Å². The van der Waals surface area contributed by atoms with Crippen LogP contribution in [0, 0.1) is 12.1 Å². The normalized spacial score (nSPS) is 12.1. The van der Waals surface area contributed by atoms with Gasteiger partial charge in [-0.3, -0.25) is 4.98 Å². The molecule has 0 bridgehead atoms. The van der Waals surface area contributed by atoms with Gasteiger partial charge < -0.3 is 8.98 Å². The van der Waals surface area contributed by atoms with Gasteiger partial charge in [0.05, 0.1) is 22.4 Å². The summed E-state index contributed by atoms with van der Waals surface area (Å²) in [6, 6.07) is 55.5. The molecule has 0 saturated carbocycles. The molecule has 0 unspecified atom stereocenters. The van der Waals surface area contributed by atoms with Gasteiger partial charge in [-0.2, -0.15) is 0 Å². The average molecular weight is 1130 g/mol. The number of fused-ring (bicyclic) bond motifs is 7. The standard InChI is InChI=1S/C37H31N2O.C23H25GeN2O.Ir/c1-23(2)27-14-10-15-28(24(3)4)35(27)39-33-19-9-8-18-32(33)38-37(39)31-17-11-16-30-29-21-20-26(22-34(29)40-36(30)31)25-12-6-5-7-13-25;1-23(2,3)20-13-11-17-16-8-7-9-18(21(16)27-22(17)26-20)19-12-10-15(14-25-19)24(4,5)6;/h5-16,18-24H,1-4H3;7-8,10-14H,1-6H3;/q2*-1;. The van der Waals surface area contributed by atoms with Gasteiger partial charge in [0.2, 0.25) is 0 Å². The minimum Gasteiger partial charge on any atom is -0.501 e. The fourth-order valence-corrected chi connectivity index (χ4v) is 11.3. The smallest absolute Gasteiger partial charge is 0.121 e. The van der Waals surface area contributed by atoms with E-state index in [0.717, 1.165) is 83.2 Å². The maximum Gasteiger partial charge on any atom is 0.121 e. The van der Waals surface area contributed by atoms with Gasteiger partial charge in [0, 0.05) is 31.2 Å². The van der Waals surface area contributed by atoms with Crippen LogP contribution in [-0.2, 0) is 25.5 Å². The molecule has 0 fully saturated rings. The Balaban J connectivity index is 0.000000180. The quantitative estimate of drug-likeness (QED) is 0.117. The Bertz CT molecular complexity index is 3580. The van der Waals surface area contributed by atoms with Crippen molar-refractivity contribution in [2.45, 2.75) is 83.0 Å². The van der Waals surface area contributed by atoms with Gasteiger partial charge in [0.15, 0.2) is 0 Å². The molecule has 0 saturated heterocycles. The molecule has 0 amide bonds. The predicted octanol–water partition coefficient (Wildman–Crippen LogP) is 16.0. The van der Waals surface area contributed by atoms with Crippen LogP contribution in [0.15, 0.2) is 155 Å². The zero-order valence-electron chi connectivity index (χ0n) is 40.4. The number of pyridine rings is 2. The minimum absolute atomic E-state index is 0. The van der Waals surface area contributed by atoms with Crippen molar-refractivity contribution in [2.24, 2.45) is 0 Å². The number of furan rings is 2. The Morgan fingerprint density at radius 1 is 0.603 bits per heavy atom. The van der Waals surface area contributed by atoms with E-state index in [2.05, 4.69) is 198 Å². The first-order valence-electron chi connectivity index (χ1n) is 23.4. The SMILES string of the molecule is CC(C)(C)c1ccc2c(n1)oc1c(-c3cc[c]([Ge]([CH3])([CH3])[CH3])cn3)[c-]ccc12.CC(C)c1cccc(C(C)C)c1-n1c(-c2[c-]ccc3c2oc2cc(-c4ccccc4)ccc23)nc2ccccc21.[Ir]. The van der Waals surface area contributed by atoms with Crippen LogP contribution >= 0.6 is 0 Å².